The summed E-state index contributed by atoms with van der Waals surface area (Å²) >= 11 is 0. The van der Waals surface area contributed by atoms with Crippen molar-refractivity contribution in [2.45, 2.75) is 40.0 Å². The van der Waals surface area contributed by atoms with Gasteiger partial charge in [-0.3, -0.25) is 4.79 Å². The fourth-order valence-corrected chi connectivity index (χ4v) is 2.06. The van der Waals surface area contributed by atoms with Crippen molar-refractivity contribution in [2.75, 3.05) is 0 Å². The molecule has 0 N–H and O–H groups in total. The maximum atomic E-state index is 10.7. The van der Waals surface area contributed by atoms with Crippen LogP contribution in [0.4, 0.5) is 0 Å². The Balaban J connectivity index is 2.71. The highest BCUT2D eigenvalue weighted by atomic mass is 16.1. The van der Waals surface area contributed by atoms with Gasteiger partial charge in [-0.2, -0.15) is 0 Å². The number of carbonyl (C=O) groups excluding carboxylic acids is 1. The van der Waals surface area contributed by atoms with Crippen molar-refractivity contribution in [3.63, 3.8) is 0 Å². The fourth-order valence-electron chi connectivity index (χ4n) is 2.06. The Morgan fingerprint density at radius 1 is 1.64 bits per heavy atom. The molecule has 0 saturated heterocycles. The van der Waals surface area contributed by atoms with Gasteiger partial charge in [-0.15, -0.1) is 0 Å². The lowest BCUT2D eigenvalue weighted by atomic mass is 9.81. The van der Waals surface area contributed by atoms with Gasteiger partial charge in [0.15, 0.2) is 0 Å². The van der Waals surface area contributed by atoms with E-state index in [0.29, 0.717) is 11.8 Å². The van der Waals surface area contributed by atoms with Crippen LogP contribution in [0.15, 0.2) is 23.3 Å². The Kier molecular flexibility index (Phi) is 4.12. The van der Waals surface area contributed by atoms with Gasteiger partial charge in [0.1, 0.15) is 6.29 Å². The molecule has 0 aromatic heterocycles. The van der Waals surface area contributed by atoms with Crippen LogP contribution in [0.1, 0.15) is 40.0 Å². The van der Waals surface area contributed by atoms with E-state index in [2.05, 4.69) is 26.0 Å². The molecule has 14 heavy (non-hydrogen) atoms. The highest BCUT2D eigenvalue weighted by Crippen LogP contribution is 2.30. The molecule has 0 aromatic rings. The zero-order valence-corrected chi connectivity index (χ0v) is 9.42. The van der Waals surface area contributed by atoms with Crippen molar-refractivity contribution in [1.82, 2.24) is 0 Å². The van der Waals surface area contributed by atoms with Crippen LogP contribution < -0.4 is 0 Å². The molecule has 1 rings (SSSR count). The van der Waals surface area contributed by atoms with Crippen LogP contribution in [-0.2, 0) is 4.79 Å². The number of aldehydes is 1. The predicted octanol–water partition coefficient (Wildman–Crippen LogP) is 3.51. The first-order chi connectivity index (χ1) is 6.67. The lowest BCUT2D eigenvalue weighted by molar-refractivity contribution is -0.105. The molecule has 0 unspecified atom stereocenters. The smallest absolute Gasteiger partial charge is 0.145 e. The van der Waals surface area contributed by atoms with Crippen molar-refractivity contribution < 1.29 is 4.79 Å². The summed E-state index contributed by atoms with van der Waals surface area (Å²) in [5, 5.41) is 0. The van der Waals surface area contributed by atoms with Crippen LogP contribution in [0.25, 0.3) is 0 Å². The highest BCUT2D eigenvalue weighted by molar-refractivity contribution is 5.72. The van der Waals surface area contributed by atoms with Crippen LogP contribution in [0.3, 0.4) is 0 Å². The zero-order chi connectivity index (χ0) is 10.6. The minimum Gasteiger partial charge on any atom is -0.298 e. The van der Waals surface area contributed by atoms with Gasteiger partial charge in [-0.25, -0.2) is 0 Å². The number of hydrogen-bond acceptors (Lipinski definition) is 1. The normalized spacial score (nSPS) is 28.5. The van der Waals surface area contributed by atoms with Crippen molar-refractivity contribution >= 4 is 6.29 Å². The topological polar surface area (TPSA) is 17.1 Å². The standard InChI is InChI=1S/C13H20O/c1-4-12(9-14)8-13-6-5-10(2)7-11(13)3/h7-9,11,13H,4-6H2,1-3H3/b12-8+/t11-,13+/m1/s1. The third-order valence-electron chi connectivity index (χ3n) is 3.08. The molecule has 0 aliphatic heterocycles. The third kappa shape index (κ3) is 2.83. The first kappa shape index (κ1) is 11.2. The number of carbonyl (C=O) groups is 1. The molecule has 0 amide bonds. The summed E-state index contributed by atoms with van der Waals surface area (Å²) in [7, 11) is 0. The monoisotopic (exact) mass is 192 g/mol. The van der Waals surface area contributed by atoms with Crippen LogP contribution in [-0.4, -0.2) is 6.29 Å². The van der Waals surface area contributed by atoms with Gasteiger partial charge in [0.2, 0.25) is 0 Å². The Morgan fingerprint density at radius 3 is 2.86 bits per heavy atom. The molecule has 0 radical (unpaired) electrons. The predicted molar refractivity (Wildman–Crippen MR) is 60.1 cm³/mol. The molecule has 2 atom stereocenters. The summed E-state index contributed by atoms with van der Waals surface area (Å²) in [6.07, 6.45) is 8.73. The molecular formula is C13H20O. The van der Waals surface area contributed by atoms with E-state index in [1.807, 2.05) is 6.92 Å². The second-order valence-corrected chi connectivity index (χ2v) is 4.29. The van der Waals surface area contributed by atoms with Crippen molar-refractivity contribution in [1.29, 1.82) is 0 Å². The molecule has 78 valence electrons. The van der Waals surface area contributed by atoms with E-state index in [1.54, 1.807) is 0 Å². The van der Waals surface area contributed by atoms with E-state index < -0.39 is 0 Å². The zero-order valence-electron chi connectivity index (χ0n) is 9.42. The number of hydrogen-bond donors (Lipinski definition) is 0. The lowest BCUT2D eigenvalue weighted by Gasteiger charge is -2.24. The Labute approximate surface area is 86.9 Å². The molecule has 1 aliphatic carbocycles. The van der Waals surface area contributed by atoms with E-state index in [4.69, 9.17) is 0 Å². The summed E-state index contributed by atoms with van der Waals surface area (Å²) in [6, 6.07) is 0. The first-order valence-corrected chi connectivity index (χ1v) is 5.50. The molecule has 1 aliphatic rings. The molecular weight excluding hydrogens is 172 g/mol. The summed E-state index contributed by atoms with van der Waals surface area (Å²) < 4.78 is 0. The SMILES string of the molecule is CC/C(C=O)=C\[C@@H]1CCC(C)=C[C@H]1C. The van der Waals surface area contributed by atoms with Gasteiger partial charge in [0.25, 0.3) is 0 Å². The van der Waals surface area contributed by atoms with E-state index in [0.717, 1.165) is 18.3 Å². The van der Waals surface area contributed by atoms with Crippen molar-refractivity contribution in [3.05, 3.63) is 23.3 Å². The molecule has 1 heteroatoms. The van der Waals surface area contributed by atoms with Crippen LogP contribution in [0.5, 0.6) is 0 Å². The van der Waals surface area contributed by atoms with E-state index in [9.17, 15) is 4.79 Å². The fraction of sp³-hybridized carbons (Fsp3) is 0.615. The second-order valence-electron chi connectivity index (χ2n) is 4.29. The Morgan fingerprint density at radius 2 is 2.36 bits per heavy atom. The summed E-state index contributed by atoms with van der Waals surface area (Å²) in [4.78, 5) is 10.7. The molecule has 0 saturated carbocycles. The molecule has 0 fully saturated rings. The van der Waals surface area contributed by atoms with Gasteiger partial charge >= 0.3 is 0 Å². The van der Waals surface area contributed by atoms with Crippen molar-refractivity contribution in [3.8, 4) is 0 Å². The average Bonchev–Trinajstić information content (AvgIpc) is 2.17. The molecule has 0 aromatic carbocycles. The molecule has 0 bridgehead atoms. The van der Waals surface area contributed by atoms with Gasteiger partial charge in [-0.1, -0.05) is 31.6 Å². The third-order valence-corrected chi connectivity index (χ3v) is 3.08. The van der Waals surface area contributed by atoms with Gasteiger partial charge in [-0.05, 0) is 43.6 Å². The van der Waals surface area contributed by atoms with E-state index >= 15 is 0 Å². The Bertz CT molecular complexity index is 260. The molecule has 0 heterocycles. The van der Waals surface area contributed by atoms with Crippen LogP contribution >= 0.6 is 0 Å². The Hall–Kier alpha value is -0.850. The number of allylic oxidation sites excluding steroid dienone is 4. The summed E-state index contributed by atoms with van der Waals surface area (Å²) in [5.41, 5.74) is 2.45. The van der Waals surface area contributed by atoms with E-state index in [1.165, 1.54) is 18.4 Å². The van der Waals surface area contributed by atoms with Crippen molar-refractivity contribution in [2.24, 2.45) is 11.8 Å². The highest BCUT2D eigenvalue weighted by Gasteiger charge is 2.17. The maximum absolute atomic E-state index is 10.7. The quantitative estimate of drug-likeness (QED) is 0.380. The van der Waals surface area contributed by atoms with Gasteiger partial charge in [0, 0.05) is 0 Å². The largest absolute Gasteiger partial charge is 0.298 e. The minimum atomic E-state index is 0.568. The lowest BCUT2D eigenvalue weighted by Crippen LogP contribution is -2.13. The summed E-state index contributed by atoms with van der Waals surface area (Å²) in [5.74, 6) is 1.16. The van der Waals surface area contributed by atoms with E-state index in [-0.39, 0.29) is 0 Å². The van der Waals surface area contributed by atoms with Crippen LogP contribution in [0, 0.1) is 11.8 Å². The molecule has 1 nitrogen and oxygen atoms in total. The second kappa shape index (κ2) is 5.14. The van der Waals surface area contributed by atoms with Gasteiger partial charge < -0.3 is 0 Å². The molecule has 0 spiro atoms. The number of rotatable bonds is 3. The minimum absolute atomic E-state index is 0.568. The summed E-state index contributed by atoms with van der Waals surface area (Å²) in [6.45, 7) is 6.47. The maximum Gasteiger partial charge on any atom is 0.145 e. The van der Waals surface area contributed by atoms with Crippen LogP contribution in [0.2, 0.25) is 0 Å². The average molecular weight is 192 g/mol. The van der Waals surface area contributed by atoms with Gasteiger partial charge in [0.05, 0.1) is 0 Å². The first-order valence-electron chi connectivity index (χ1n) is 5.50.